The molecule has 0 atom stereocenters. The Bertz CT molecular complexity index is 1120. The predicted molar refractivity (Wildman–Crippen MR) is 99.5 cm³/mol. The van der Waals surface area contributed by atoms with Crippen LogP contribution in [-0.2, 0) is 13.3 Å². The van der Waals surface area contributed by atoms with E-state index in [1.807, 2.05) is 30.3 Å². The first-order chi connectivity index (χ1) is 13.1. The minimum atomic E-state index is -0.399. The normalized spacial score (nSPS) is 14.9. The molecule has 27 heavy (non-hydrogen) atoms. The highest BCUT2D eigenvalue weighted by atomic mass is 16.6. The number of allylic oxidation sites excluding steroid dienone is 3. The van der Waals surface area contributed by atoms with Gasteiger partial charge in [0.25, 0.3) is 5.70 Å². The summed E-state index contributed by atoms with van der Waals surface area (Å²) < 4.78 is 6.88. The summed E-state index contributed by atoms with van der Waals surface area (Å²) in [5.74, 6) is 0.720. The zero-order valence-electron chi connectivity index (χ0n) is 14.7. The predicted octanol–water partition coefficient (Wildman–Crippen LogP) is 1.04. The van der Waals surface area contributed by atoms with Crippen LogP contribution in [0.2, 0.25) is 0 Å². The van der Waals surface area contributed by atoms with Crippen molar-refractivity contribution < 1.29 is 19.9 Å². The Morgan fingerprint density at radius 1 is 1.22 bits per heavy atom. The van der Waals surface area contributed by atoms with Gasteiger partial charge in [0.05, 0.1) is 29.7 Å². The largest absolute Gasteiger partial charge is 0.497 e. The van der Waals surface area contributed by atoms with Gasteiger partial charge < -0.3 is 19.5 Å². The number of benzene rings is 1. The number of nitro groups is 1. The van der Waals surface area contributed by atoms with E-state index in [9.17, 15) is 20.3 Å². The average molecular weight is 366 g/mol. The van der Waals surface area contributed by atoms with E-state index in [-0.39, 0.29) is 19.0 Å². The summed E-state index contributed by atoms with van der Waals surface area (Å²) in [6.45, 7) is -0.518. The van der Waals surface area contributed by atoms with E-state index in [0.29, 0.717) is 12.1 Å². The lowest BCUT2D eigenvalue weighted by Crippen LogP contribution is -2.29. The number of methoxy groups -OCH3 is 1. The third-order valence-corrected chi connectivity index (χ3v) is 5.04. The molecule has 0 amide bonds. The molecule has 4 rings (SSSR count). The smallest absolute Gasteiger partial charge is 0.266 e. The van der Waals surface area contributed by atoms with Crippen molar-refractivity contribution in [1.82, 2.24) is 4.57 Å². The molecule has 0 radical (unpaired) electrons. The molecule has 138 valence electrons. The minimum Gasteiger partial charge on any atom is -0.497 e. The van der Waals surface area contributed by atoms with Gasteiger partial charge in [0.2, 0.25) is 0 Å². The number of fused-ring (bicyclic) bond motifs is 2. The summed E-state index contributed by atoms with van der Waals surface area (Å²) in [5, 5.41) is 32.7. The van der Waals surface area contributed by atoms with Crippen molar-refractivity contribution in [1.29, 1.82) is 0 Å². The van der Waals surface area contributed by atoms with Crippen LogP contribution in [0.15, 0.2) is 47.7 Å². The third-order valence-electron chi connectivity index (χ3n) is 5.04. The van der Waals surface area contributed by atoms with Crippen LogP contribution in [0.5, 0.6) is 5.75 Å². The highest BCUT2D eigenvalue weighted by Crippen LogP contribution is 2.30. The van der Waals surface area contributed by atoms with Crippen LogP contribution in [-0.4, -0.2) is 26.8 Å². The van der Waals surface area contributed by atoms with E-state index < -0.39 is 4.92 Å². The summed E-state index contributed by atoms with van der Waals surface area (Å²) >= 11 is 0. The number of rotatable bonds is 5. The van der Waals surface area contributed by atoms with E-state index in [0.717, 1.165) is 38.6 Å². The van der Waals surface area contributed by atoms with Crippen LogP contribution in [0, 0.1) is 10.1 Å². The average Bonchev–Trinajstić information content (AvgIpc) is 3.20. The molecule has 0 saturated carbocycles. The van der Waals surface area contributed by atoms with Crippen molar-refractivity contribution in [3.05, 3.63) is 74.1 Å². The highest BCUT2D eigenvalue weighted by molar-refractivity contribution is 5.87. The van der Waals surface area contributed by atoms with Gasteiger partial charge in [0.15, 0.2) is 0 Å². The Balaban J connectivity index is 2.00. The molecule has 1 aromatic carbocycles. The first-order valence-corrected chi connectivity index (χ1v) is 8.48. The topological polar surface area (TPSA) is 97.8 Å². The summed E-state index contributed by atoms with van der Waals surface area (Å²) in [7, 11) is 1.59. The summed E-state index contributed by atoms with van der Waals surface area (Å²) in [4.78, 5) is 10.7. The van der Waals surface area contributed by atoms with Gasteiger partial charge in [-0.25, -0.2) is 0 Å². The maximum atomic E-state index is 11.1. The summed E-state index contributed by atoms with van der Waals surface area (Å²) in [5.41, 5.74) is 4.06. The van der Waals surface area contributed by atoms with Gasteiger partial charge in [-0.1, -0.05) is 12.1 Å². The maximum Gasteiger partial charge on any atom is 0.266 e. The molecular weight excluding hydrogens is 348 g/mol. The molecule has 0 aliphatic heterocycles. The fourth-order valence-corrected chi connectivity index (χ4v) is 3.83. The molecule has 1 aromatic heterocycles. The number of nitrogens with zero attached hydrogens (tertiary/aromatic N) is 2. The molecular formula is C20H18N2O5. The van der Waals surface area contributed by atoms with Crippen molar-refractivity contribution >= 4 is 11.6 Å². The second-order valence-electron chi connectivity index (χ2n) is 6.35. The van der Waals surface area contributed by atoms with Gasteiger partial charge >= 0.3 is 0 Å². The second kappa shape index (κ2) is 6.53. The first-order valence-electron chi connectivity index (χ1n) is 8.48. The van der Waals surface area contributed by atoms with E-state index in [4.69, 9.17) is 4.74 Å². The van der Waals surface area contributed by atoms with Crippen LogP contribution in [0.25, 0.3) is 22.8 Å². The standard InChI is InChI=1S/C20H18N2O5/c1-27-15-5-2-12(3-6-15)19-17-9-13-8-14(22(25)26)4-7-16(13)20(17)21(11-24)18(19)10-23/h2-6,8-9,23-24H,7,10-11H2,1H3. The van der Waals surface area contributed by atoms with Crippen molar-refractivity contribution in [2.24, 2.45) is 0 Å². The van der Waals surface area contributed by atoms with Crippen molar-refractivity contribution in [3.63, 3.8) is 0 Å². The Morgan fingerprint density at radius 3 is 2.56 bits per heavy atom. The molecule has 7 nitrogen and oxygen atoms in total. The van der Waals surface area contributed by atoms with Crippen LogP contribution in [0.3, 0.4) is 0 Å². The number of hydrogen-bond donors (Lipinski definition) is 2. The molecule has 7 heteroatoms. The van der Waals surface area contributed by atoms with Crippen LogP contribution >= 0.6 is 0 Å². The van der Waals surface area contributed by atoms with Gasteiger partial charge in [0.1, 0.15) is 12.5 Å². The number of ether oxygens (including phenoxy) is 1. The van der Waals surface area contributed by atoms with Crippen molar-refractivity contribution in [2.45, 2.75) is 19.8 Å². The van der Waals surface area contributed by atoms with E-state index in [2.05, 4.69) is 0 Å². The number of aliphatic hydroxyl groups excluding tert-OH is 2. The number of aliphatic hydroxyl groups is 2. The lowest BCUT2D eigenvalue weighted by molar-refractivity contribution is -0.419. The molecule has 2 aromatic rings. The van der Waals surface area contributed by atoms with E-state index in [1.54, 1.807) is 23.8 Å². The fourth-order valence-electron chi connectivity index (χ4n) is 3.83. The summed E-state index contributed by atoms with van der Waals surface area (Å²) in [6.07, 6.45) is 5.42. The molecule has 0 bridgehead atoms. The quantitative estimate of drug-likeness (QED) is 0.609. The number of hydrogen-bond acceptors (Lipinski definition) is 5. The van der Waals surface area contributed by atoms with Gasteiger partial charge in [0, 0.05) is 16.9 Å². The molecule has 2 N–H and O–H groups in total. The fraction of sp³-hybridized carbons (Fsp3) is 0.200. The zero-order chi connectivity index (χ0) is 19.1. The number of aromatic nitrogens is 1. The van der Waals surface area contributed by atoms with Gasteiger partial charge in [-0.3, -0.25) is 10.1 Å². The monoisotopic (exact) mass is 366 g/mol. The Morgan fingerprint density at radius 2 is 1.96 bits per heavy atom. The highest BCUT2D eigenvalue weighted by Gasteiger charge is 2.26. The second-order valence-corrected chi connectivity index (χ2v) is 6.35. The van der Waals surface area contributed by atoms with Crippen molar-refractivity contribution in [2.75, 3.05) is 7.11 Å². The lowest BCUT2D eigenvalue weighted by atomic mass is 9.99. The Hall–Kier alpha value is -3.16. The zero-order valence-corrected chi connectivity index (χ0v) is 14.7. The molecule has 2 aliphatic rings. The van der Waals surface area contributed by atoms with Gasteiger partial charge in [-0.15, -0.1) is 0 Å². The van der Waals surface area contributed by atoms with Crippen LogP contribution in [0.4, 0.5) is 0 Å². The van der Waals surface area contributed by atoms with Crippen LogP contribution in [0.1, 0.15) is 12.1 Å². The Kier molecular flexibility index (Phi) is 4.18. The van der Waals surface area contributed by atoms with E-state index >= 15 is 0 Å². The van der Waals surface area contributed by atoms with E-state index in [1.165, 1.54) is 0 Å². The Labute approximate surface area is 154 Å². The molecule has 0 spiro atoms. The van der Waals surface area contributed by atoms with Gasteiger partial charge in [-0.2, -0.15) is 0 Å². The molecule has 1 heterocycles. The molecule has 0 fully saturated rings. The molecule has 0 saturated heterocycles. The van der Waals surface area contributed by atoms with Gasteiger partial charge in [-0.05, 0) is 47.4 Å². The lowest BCUT2D eigenvalue weighted by Gasteiger charge is -2.12. The maximum absolute atomic E-state index is 11.1. The molecule has 0 unspecified atom stereocenters. The molecule has 2 aliphatic carbocycles. The minimum absolute atomic E-state index is 0.0686. The SMILES string of the molecule is COc1ccc(-c2c(CO)n(CO)c3c2=CC2=CC([N+](=O)[O-])=CCC=32)cc1. The van der Waals surface area contributed by atoms with Crippen molar-refractivity contribution in [3.8, 4) is 16.9 Å². The third kappa shape index (κ3) is 2.59. The first kappa shape index (κ1) is 17.3. The summed E-state index contributed by atoms with van der Waals surface area (Å²) in [6, 6.07) is 7.45. The van der Waals surface area contributed by atoms with Crippen LogP contribution < -0.4 is 15.3 Å².